The van der Waals surface area contributed by atoms with Gasteiger partial charge in [-0.3, -0.25) is 0 Å². The minimum atomic E-state index is -0.422. The number of benzene rings is 1. The van der Waals surface area contributed by atoms with E-state index >= 15 is 0 Å². The third-order valence-corrected chi connectivity index (χ3v) is 5.44. The van der Waals surface area contributed by atoms with Gasteiger partial charge in [0.2, 0.25) is 0 Å². The molecule has 110 valence electrons. The lowest BCUT2D eigenvalue weighted by Crippen LogP contribution is -2.39. The molecular weight excluding hydrogens is 272 g/mol. The Morgan fingerprint density at radius 2 is 2.10 bits per heavy atom. The molecule has 1 aromatic carbocycles. The van der Waals surface area contributed by atoms with Crippen LogP contribution in [0.4, 0.5) is 0 Å². The number of rotatable bonds is 2. The largest absolute Gasteiger partial charge is 0.388 e. The lowest BCUT2D eigenvalue weighted by atomic mass is 9.80. The molecule has 1 saturated carbocycles. The van der Waals surface area contributed by atoms with Crippen LogP contribution >= 0.6 is 11.6 Å². The number of aryl methyl sites for hydroxylation is 1. The van der Waals surface area contributed by atoms with Crippen LogP contribution in [0.25, 0.3) is 0 Å². The molecule has 2 fully saturated rings. The van der Waals surface area contributed by atoms with Crippen LogP contribution in [0.1, 0.15) is 55.8 Å². The van der Waals surface area contributed by atoms with Crippen molar-refractivity contribution in [2.24, 2.45) is 5.92 Å². The Morgan fingerprint density at radius 3 is 2.80 bits per heavy atom. The van der Waals surface area contributed by atoms with Gasteiger partial charge in [-0.2, -0.15) is 0 Å². The van der Waals surface area contributed by atoms with Gasteiger partial charge in [0.05, 0.1) is 11.7 Å². The molecule has 1 heterocycles. The summed E-state index contributed by atoms with van der Waals surface area (Å²) in [7, 11) is 0. The summed E-state index contributed by atoms with van der Waals surface area (Å²) in [5, 5.41) is 11.4. The van der Waals surface area contributed by atoms with Gasteiger partial charge >= 0.3 is 0 Å². The van der Waals surface area contributed by atoms with Gasteiger partial charge in [-0.25, -0.2) is 0 Å². The number of aliphatic hydroxyl groups excluding tert-OH is 1. The van der Waals surface area contributed by atoms with Crippen molar-refractivity contribution >= 4 is 11.6 Å². The Morgan fingerprint density at radius 1 is 1.35 bits per heavy atom. The fourth-order valence-corrected chi connectivity index (χ4v) is 3.96. The van der Waals surface area contributed by atoms with Crippen molar-refractivity contribution < 1.29 is 9.84 Å². The van der Waals surface area contributed by atoms with Crippen LogP contribution < -0.4 is 0 Å². The van der Waals surface area contributed by atoms with E-state index in [2.05, 4.69) is 0 Å². The first kappa shape index (κ1) is 14.4. The highest BCUT2D eigenvalue weighted by molar-refractivity contribution is 6.31. The first-order valence-electron chi connectivity index (χ1n) is 7.68. The summed E-state index contributed by atoms with van der Waals surface area (Å²) < 4.78 is 6.05. The molecule has 1 saturated heterocycles. The zero-order valence-corrected chi connectivity index (χ0v) is 12.8. The lowest BCUT2D eigenvalue weighted by molar-refractivity contribution is -0.113. The molecule has 1 aliphatic heterocycles. The van der Waals surface area contributed by atoms with Gasteiger partial charge in [0, 0.05) is 11.6 Å². The fraction of sp³-hybridized carbons (Fsp3) is 0.647. The molecule has 2 nitrogen and oxygen atoms in total. The SMILES string of the molecule is Cc1ccc(C(O)C2CCOC3(CCCC3)C2)cc1Cl. The molecule has 0 aromatic heterocycles. The standard InChI is InChI=1S/C17H23ClO2/c1-12-4-5-13(10-15(12)18)16(19)14-6-9-20-17(11-14)7-2-3-8-17/h4-5,10,14,16,19H,2-3,6-9,11H2,1H3. The topological polar surface area (TPSA) is 29.5 Å². The first-order chi connectivity index (χ1) is 9.60. The molecule has 1 N–H and O–H groups in total. The molecule has 1 spiro atoms. The van der Waals surface area contributed by atoms with Crippen LogP contribution in [0, 0.1) is 12.8 Å². The van der Waals surface area contributed by atoms with Gasteiger partial charge in [-0.1, -0.05) is 36.6 Å². The maximum atomic E-state index is 10.7. The molecular formula is C17H23ClO2. The van der Waals surface area contributed by atoms with E-state index in [4.69, 9.17) is 16.3 Å². The lowest BCUT2D eigenvalue weighted by Gasteiger charge is -2.40. The van der Waals surface area contributed by atoms with Crippen molar-refractivity contribution in [3.8, 4) is 0 Å². The monoisotopic (exact) mass is 294 g/mol. The predicted octanol–water partition coefficient (Wildman–Crippen LogP) is 4.42. The highest BCUT2D eigenvalue weighted by Crippen LogP contribution is 2.45. The van der Waals surface area contributed by atoms with Crippen LogP contribution in [0.2, 0.25) is 5.02 Å². The van der Waals surface area contributed by atoms with Crippen LogP contribution in [0.3, 0.4) is 0 Å². The van der Waals surface area contributed by atoms with Gasteiger partial charge in [0.1, 0.15) is 0 Å². The Labute approximate surface area is 126 Å². The van der Waals surface area contributed by atoms with E-state index < -0.39 is 6.10 Å². The van der Waals surface area contributed by atoms with Crippen molar-refractivity contribution in [2.75, 3.05) is 6.61 Å². The van der Waals surface area contributed by atoms with Crippen LogP contribution in [-0.2, 0) is 4.74 Å². The number of hydrogen-bond donors (Lipinski definition) is 1. The molecule has 2 aliphatic rings. The van der Waals surface area contributed by atoms with E-state index in [1.165, 1.54) is 12.8 Å². The summed E-state index contributed by atoms with van der Waals surface area (Å²) in [6.45, 7) is 2.77. The molecule has 0 bridgehead atoms. The minimum absolute atomic E-state index is 0.0540. The molecule has 3 rings (SSSR count). The van der Waals surface area contributed by atoms with Gasteiger partial charge in [0.25, 0.3) is 0 Å². The van der Waals surface area contributed by atoms with Crippen molar-refractivity contribution in [3.05, 3.63) is 34.3 Å². The van der Waals surface area contributed by atoms with Crippen LogP contribution in [0.5, 0.6) is 0 Å². The third kappa shape index (κ3) is 2.74. The van der Waals surface area contributed by atoms with E-state index in [0.717, 1.165) is 48.4 Å². The third-order valence-electron chi connectivity index (χ3n) is 5.03. The van der Waals surface area contributed by atoms with Crippen LogP contribution in [0.15, 0.2) is 18.2 Å². The Bertz CT molecular complexity index is 480. The second-order valence-electron chi connectivity index (χ2n) is 6.44. The average Bonchev–Trinajstić information content (AvgIpc) is 2.89. The zero-order valence-electron chi connectivity index (χ0n) is 12.1. The normalized spacial score (nSPS) is 26.9. The van der Waals surface area contributed by atoms with Crippen molar-refractivity contribution in [1.29, 1.82) is 0 Å². The summed E-state index contributed by atoms with van der Waals surface area (Å²) in [5.74, 6) is 0.292. The summed E-state index contributed by atoms with van der Waals surface area (Å²) in [5.41, 5.74) is 2.06. The molecule has 0 amide bonds. The van der Waals surface area contributed by atoms with Gasteiger partial charge in [0.15, 0.2) is 0 Å². The van der Waals surface area contributed by atoms with E-state index in [9.17, 15) is 5.11 Å². The molecule has 3 heteroatoms. The maximum Gasteiger partial charge on any atom is 0.0820 e. The summed E-state index contributed by atoms with van der Waals surface area (Å²) in [6, 6.07) is 5.91. The molecule has 2 unspecified atom stereocenters. The van der Waals surface area contributed by atoms with E-state index in [1.807, 2.05) is 25.1 Å². The van der Waals surface area contributed by atoms with E-state index in [-0.39, 0.29) is 5.60 Å². The Balaban J connectivity index is 1.75. The van der Waals surface area contributed by atoms with Crippen molar-refractivity contribution in [3.63, 3.8) is 0 Å². The van der Waals surface area contributed by atoms with Gasteiger partial charge < -0.3 is 9.84 Å². The zero-order chi connectivity index (χ0) is 14.2. The van der Waals surface area contributed by atoms with E-state index in [1.54, 1.807) is 0 Å². The van der Waals surface area contributed by atoms with Crippen molar-refractivity contribution in [2.45, 2.75) is 57.2 Å². The number of aliphatic hydroxyl groups is 1. The summed E-state index contributed by atoms with van der Waals surface area (Å²) in [6.07, 6.45) is 6.34. The molecule has 1 aromatic rings. The number of ether oxygens (including phenoxy) is 1. The predicted molar refractivity (Wildman–Crippen MR) is 81.0 cm³/mol. The second-order valence-corrected chi connectivity index (χ2v) is 6.85. The summed E-state index contributed by atoms with van der Waals surface area (Å²) in [4.78, 5) is 0. The van der Waals surface area contributed by atoms with Crippen molar-refractivity contribution in [1.82, 2.24) is 0 Å². The molecule has 0 radical (unpaired) electrons. The molecule has 1 aliphatic carbocycles. The first-order valence-corrected chi connectivity index (χ1v) is 8.06. The minimum Gasteiger partial charge on any atom is -0.388 e. The molecule has 2 atom stereocenters. The smallest absolute Gasteiger partial charge is 0.0820 e. The highest BCUT2D eigenvalue weighted by atomic mass is 35.5. The Kier molecular flexibility index (Phi) is 4.07. The van der Waals surface area contributed by atoms with E-state index in [0.29, 0.717) is 5.92 Å². The second kappa shape index (κ2) is 5.67. The quantitative estimate of drug-likeness (QED) is 0.875. The Hall–Kier alpha value is -0.570. The number of hydrogen-bond acceptors (Lipinski definition) is 2. The maximum absolute atomic E-state index is 10.7. The van der Waals surface area contributed by atoms with Crippen LogP contribution in [-0.4, -0.2) is 17.3 Å². The number of halogens is 1. The van der Waals surface area contributed by atoms with Gasteiger partial charge in [-0.15, -0.1) is 0 Å². The molecule has 20 heavy (non-hydrogen) atoms. The highest BCUT2D eigenvalue weighted by Gasteiger charge is 2.41. The summed E-state index contributed by atoms with van der Waals surface area (Å²) >= 11 is 6.18. The van der Waals surface area contributed by atoms with Gasteiger partial charge in [-0.05, 0) is 55.7 Å². The average molecular weight is 295 g/mol. The fourth-order valence-electron chi connectivity index (χ4n) is 3.77.